The number of hydrogen-bond acceptors (Lipinski definition) is 14. The number of nitrogens with one attached hydrogen (secondary N) is 3. The summed E-state index contributed by atoms with van der Waals surface area (Å²) in [4.78, 5) is 0. The van der Waals surface area contributed by atoms with Gasteiger partial charge in [0.05, 0.1) is 50.8 Å². The van der Waals surface area contributed by atoms with Gasteiger partial charge >= 0.3 is 0 Å². The average molecular weight is 737 g/mol. The lowest BCUT2D eigenvalue weighted by Gasteiger charge is -2.47. The molecule has 9 N–H and O–H groups in total. The number of nitrogens with zero attached hydrogens (tertiary/aromatic N) is 1. The van der Waals surface area contributed by atoms with Crippen molar-refractivity contribution in [3.05, 3.63) is 53.6 Å². The molecular formula is C38H64N4O10. The van der Waals surface area contributed by atoms with Crippen LogP contribution in [0.15, 0.2) is 53.2 Å². The predicted molar refractivity (Wildman–Crippen MR) is 196 cm³/mol. The highest BCUT2D eigenvalue weighted by Crippen LogP contribution is 2.39. The van der Waals surface area contributed by atoms with Crippen LogP contribution in [0, 0.1) is 17.4 Å². The van der Waals surface area contributed by atoms with Crippen molar-refractivity contribution < 1.29 is 49.6 Å². The lowest BCUT2D eigenvalue weighted by molar-refractivity contribution is -0.375. The van der Waals surface area contributed by atoms with E-state index >= 15 is 0 Å². The Hall–Kier alpha value is -2.18. The van der Waals surface area contributed by atoms with Crippen LogP contribution < -0.4 is 10.6 Å². The molecule has 3 rings (SSSR count). The van der Waals surface area contributed by atoms with Crippen LogP contribution in [0.5, 0.6) is 0 Å². The molecule has 0 radical (unpaired) electrons. The first-order valence-electron chi connectivity index (χ1n) is 18.7. The fourth-order valence-electron chi connectivity index (χ4n) is 6.68. The maximum Gasteiger partial charge on any atom is 0.220 e. The van der Waals surface area contributed by atoms with Gasteiger partial charge in [-0.1, -0.05) is 55.0 Å². The molecule has 2 aliphatic rings. The summed E-state index contributed by atoms with van der Waals surface area (Å²) in [7, 11) is 1.64. The van der Waals surface area contributed by atoms with E-state index in [-0.39, 0.29) is 50.3 Å². The van der Waals surface area contributed by atoms with Crippen LogP contribution >= 0.6 is 0 Å². The van der Waals surface area contributed by atoms with E-state index in [1.807, 2.05) is 25.1 Å². The maximum absolute atomic E-state index is 11.3. The fourth-order valence-corrected chi connectivity index (χ4v) is 6.68. The van der Waals surface area contributed by atoms with E-state index in [1.165, 1.54) is 11.1 Å². The summed E-state index contributed by atoms with van der Waals surface area (Å²) < 4.78 is 23.1. The molecule has 1 aromatic rings. The van der Waals surface area contributed by atoms with Crippen LogP contribution in [0.2, 0.25) is 0 Å². The Kier molecular flexibility index (Phi) is 20.6. The minimum absolute atomic E-state index is 0.0559. The van der Waals surface area contributed by atoms with Gasteiger partial charge in [-0.15, -0.1) is 0 Å². The van der Waals surface area contributed by atoms with Crippen molar-refractivity contribution in [3.63, 3.8) is 0 Å². The van der Waals surface area contributed by atoms with E-state index in [0.29, 0.717) is 52.0 Å². The van der Waals surface area contributed by atoms with Crippen molar-refractivity contribution >= 4 is 5.57 Å². The zero-order chi connectivity index (χ0) is 37.8. The Morgan fingerprint density at radius 1 is 0.981 bits per heavy atom. The second kappa shape index (κ2) is 24.3. The molecule has 0 aromatic heterocycles. The van der Waals surface area contributed by atoms with Gasteiger partial charge in [-0.3, -0.25) is 5.32 Å². The zero-order valence-corrected chi connectivity index (χ0v) is 30.9. The molecular weight excluding hydrogens is 672 g/mol. The zero-order valence-electron chi connectivity index (χ0n) is 30.9. The molecule has 14 heteroatoms. The summed E-state index contributed by atoms with van der Waals surface area (Å²) in [6, 6.07) is 9.97. The predicted octanol–water partition coefficient (Wildman–Crippen LogP) is 2.47. The molecule has 296 valence electrons. The van der Waals surface area contributed by atoms with Crippen LogP contribution in [0.4, 0.5) is 0 Å². The molecule has 0 saturated carbocycles. The smallest absolute Gasteiger partial charge is 0.220 e. The first-order chi connectivity index (χ1) is 25.1. The van der Waals surface area contributed by atoms with Crippen molar-refractivity contribution in [1.29, 1.82) is 5.53 Å². The van der Waals surface area contributed by atoms with E-state index in [0.717, 1.165) is 25.0 Å². The summed E-state index contributed by atoms with van der Waals surface area (Å²) in [5.74, 6) is -2.11. The van der Waals surface area contributed by atoms with Crippen LogP contribution in [0.3, 0.4) is 0 Å². The van der Waals surface area contributed by atoms with Crippen LogP contribution in [0.25, 0.3) is 5.57 Å². The molecule has 3 unspecified atom stereocenters. The molecule has 14 nitrogen and oxygen atoms in total. The van der Waals surface area contributed by atoms with Gasteiger partial charge < -0.3 is 54.9 Å². The van der Waals surface area contributed by atoms with Gasteiger partial charge in [-0.05, 0) is 74.5 Å². The number of allylic oxidation sites excluding steroid dienone is 3. The highest BCUT2D eigenvalue weighted by atomic mass is 16.7. The van der Waals surface area contributed by atoms with Crippen LogP contribution in [-0.2, 0) is 18.9 Å². The van der Waals surface area contributed by atoms with Gasteiger partial charge in [-0.2, -0.15) is 5.11 Å². The molecule has 1 aromatic carbocycles. The van der Waals surface area contributed by atoms with Crippen molar-refractivity contribution in [1.82, 2.24) is 10.6 Å². The highest BCUT2D eigenvalue weighted by Gasteiger charge is 2.49. The summed E-state index contributed by atoms with van der Waals surface area (Å²) in [5.41, 5.74) is 11.0. The van der Waals surface area contributed by atoms with E-state index in [9.17, 15) is 30.6 Å². The summed E-state index contributed by atoms with van der Waals surface area (Å²) in [6.45, 7) is 4.71. The van der Waals surface area contributed by atoms with Crippen LogP contribution in [0.1, 0.15) is 70.3 Å². The minimum atomic E-state index is -1.99. The van der Waals surface area contributed by atoms with Crippen molar-refractivity contribution in [2.45, 2.75) is 107 Å². The van der Waals surface area contributed by atoms with Crippen molar-refractivity contribution in [3.8, 4) is 0 Å². The molecule has 0 bridgehead atoms. The summed E-state index contributed by atoms with van der Waals surface area (Å²) in [6.07, 6.45) is 2.53. The average Bonchev–Trinajstić information content (AvgIpc) is 3.15. The fraction of sp³-hybridized carbons (Fsp3) is 0.737. The van der Waals surface area contributed by atoms with Crippen LogP contribution in [-0.4, -0.2) is 133 Å². The molecule has 0 spiro atoms. The lowest BCUT2D eigenvalue weighted by atomic mass is 9.82. The van der Waals surface area contributed by atoms with Gasteiger partial charge in [0.2, 0.25) is 12.1 Å². The number of methoxy groups -OCH3 is 1. The first kappa shape index (κ1) is 44.2. The van der Waals surface area contributed by atoms with E-state index < -0.39 is 43.2 Å². The third-order valence-corrected chi connectivity index (χ3v) is 9.87. The largest absolute Gasteiger partial charge is 0.394 e. The Balaban J connectivity index is 1.48. The SMILES string of the molecule is COCCNCCC(COC[C@@H](C)CCO[C@]1(C(O)O)CC[C@@H](CC(O)CO)[C@H]([C@H](O)CCNC(O)CC2=CC=C(c3ccccc3)CC2)O1)N=N. The number of hydrogen-bond donors (Lipinski definition) is 9. The Morgan fingerprint density at radius 3 is 2.44 bits per heavy atom. The van der Waals surface area contributed by atoms with Gasteiger partial charge in [0.15, 0.2) is 0 Å². The number of benzene rings is 1. The topological polar surface area (TPSA) is 219 Å². The van der Waals surface area contributed by atoms with Gasteiger partial charge in [-0.25, -0.2) is 5.53 Å². The minimum Gasteiger partial charge on any atom is -0.394 e. The molecule has 8 atom stereocenters. The third kappa shape index (κ3) is 15.3. The molecule has 1 heterocycles. The van der Waals surface area contributed by atoms with E-state index in [1.54, 1.807) is 7.11 Å². The van der Waals surface area contributed by atoms with Crippen molar-refractivity contribution in [2.24, 2.45) is 17.0 Å². The Morgan fingerprint density at radius 2 is 1.77 bits per heavy atom. The highest BCUT2D eigenvalue weighted by molar-refractivity contribution is 5.68. The second-order valence-electron chi connectivity index (χ2n) is 14.1. The summed E-state index contributed by atoms with van der Waals surface area (Å²) >= 11 is 0. The maximum atomic E-state index is 11.3. The monoisotopic (exact) mass is 736 g/mol. The Bertz CT molecular complexity index is 1190. The number of ether oxygens (including phenoxy) is 4. The third-order valence-electron chi connectivity index (χ3n) is 9.87. The molecule has 52 heavy (non-hydrogen) atoms. The number of aliphatic hydroxyl groups is 6. The second-order valence-corrected chi connectivity index (χ2v) is 14.1. The van der Waals surface area contributed by atoms with E-state index in [2.05, 4.69) is 40.0 Å². The van der Waals surface area contributed by atoms with Gasteiger partial charge in [0.25, 0.3) is 0 Å². The summed E-state index contributed by atoms with van der Waals surface area (Å²) in [5, 5.41) is 72.6. The Labute approximate surface area is 308 Å². The number of rotatable bonds is 27. The molecule has 1 aliphatic heterocycles. The quantitative estimate of drug-likeness (QED) is 0.0362. The van der Waals surface area contributed by atoms with E-state index in [4.69, 9.17) is 24.5 Å². The normalized spacial score (nSPS) is 23.8. The molecule has 1 saturated heterocycles. The molecule has 1 fully saturated rings. The number of aliphatic hydroxyl groups excluding tert-OH is 5. The lowest BCUT2D eigenvalue weighted by Crippen LogP contribution is -2.57. The molecule has 1 aliphatic carbocycles. The van der Waals surface area contributed by atoms with Gasteiger partial charge in [0.1, 0.15) is 6.23 Å². The first-order valence-corrected chi connectivity index (χ1v) is 18.7. The van der Waals surface area contributed by atoms with Gasteiger partial charge in [0, 0.05) is 39.6 Å². The van der Waals surface area contributed by atoms with Crippen molar-refractivity contribution in [2.75, 3.05) is 59.8 Å². The molecule has 0 amide bonds. The standard InChI is InChI=1S/C38H64N4O10/c1-27(25-50-26-32(42-39)13-17-40-19-21-49-2)15-20-51-38(37(47)48)16-12-31(23-33(44)24-43)36(52-38)34(45)14-18-41-35(46)22-28-8-10-30(11-9-28)29-6-4-3-5-7-29/h3-8,10,27,31-37,39-41,43-48H,9,11-26H2,1-2H3/t27-,31-,32?,33?,34+,35?,36+,38+/m0/s1.